The summed E-state index contributed by atoms with van der Waals surface area (Å²) in [5, 5.41) is 2.87. The van der Waals surface area contributed by atoms with Crippen LogP contribution in [0.1, 0.15) is 54.9 Å². The predicted molar refractivity (Wildman–Crippen MR) is 74.2 cm³/mol. The lowest BCUT2D eigenvalue weighted by Crippen LogP contribution is -2.47. The standard InChI is InChI=1S/C14H28N2O2/c1-8-16(12(18)9-13(2,3)4)10-11(17)15-14(5,6)7/h8-10H2,1-7H3,(H,15,17). The van der Waals surface area contributed by atoms with Gasteiger partial charge in [0, 0.05) is 18.5 Å². The first kappa shape index (κ1) is 16.9. The number of nitrogens with zero attached hydrogens (tertiary/aromatic N) is 1. The summed E-state index contributed by atoms with van der Waals surface area (Å²) in [5.74, 6) is -0.0688. The third-order valence-electron chi connectivity index (χ3n) is 2.26. The zero-order chi connectivity index (χ0) is 14.6. The molecule has 4 heteroatoms. The minimum atomic E-state index is -0.260. The summed E-state index contributed by atoms with van der Waals surface area (Å²) in [6.45, 7) is 14.4. The van der Waals surface area contributed by atoms with E-state index in [2.05, 4.69) is 5.32 Å². The minimum absolute atomic E-state index is 0.0362. The zero-order valence-corrected chi connectivity index (χ0v) is 12.9. The van der Waals surface area contributed by atoms with Crippen molar-refractivity contribution in [3.05, 3.63) is 0 Å². The molecule has 0 saturated carbocycles. The van der Waals surface area contributed by atoms with Crippen LogP contribution in [0, 0.1) is 5.41 Å². The molecule has 0 radical (unpaired) electrons. The first-order valence-electron chi connectivity index (χ1n) is 6.53. The normalized spacial score (nSPS) is 12.2. The number of hydrogen-bond acceptors (Lipinski definition) is 2. The summed E-state index contributed by atoms with van der Waals surface area (Å²) >= 11 is 0. The van der Waals surface area contributed by atoms with Crippen LogP contribution in [0.5, 0.6) is 0 Å². The van der Waals surface area contributed by atoms with E-state index < -0.39 is 0 Å². The van der Waals surface area contributed by atoms with Crippen LogP contribution in [0.4, 0.5) is 0 Å². The van der Waals surface area contributed by atoms with E-state index in [1.165, 1.54) is 0 Å². The molecule has 0 spiro atoms. The molecule has 0 rings (SSSR count). The quantitative estimate of drug-likeness (QED) is 0.838. The highest BCUT2D eigenvalue weighted by Crippen LogP contribution is 2.19. The van der Waals surface area contributed by atoms with Gasteiger partial charge in [0.15, 0.2) is 0 Å². The SMILES string of the molecule is CCN(CC(=O)NC(C)(C)C)C(=O)CC(C)(C)C. The molecule has 0 atom stereocenters. The first-order chi connectivity index (χ1) is 7.94. The van der Waals surface area contributed by atoms with Crippen molar-refractivity contribution in [2.45, 2.75) is 60.4 Å². The Bertz CT molecular complexity index is 298. The van der Waals surface area contributed by atoms with Gasteiger partial charge in [-0.05, 0) is 33.1 Å². The Morgan fingerprint density at radius 2 is 1.56 bits per heavy atom. The number of nitrogens with one attached hydrogen (secondary N) is 1. The van der Waals surface area contributed by atoms with Crippen LogP contribution in [-0.4, -0.2) is 35.3 Å². The van der Waals surface area contributed by atoms with Crippen molar-refractivity contribution in [2.75, 3.05) is 13.1 Å². The number of rotatable bonds is 4. The maximum Gasteiger partial charge on any atom is 0.240 e. The van der Waals surface area contributed by atoms with Crippen LogP contribution in [0.3, 0.4) is 0 Å². The second-order valence-electron chi connectivity index (χ2n) is 6.94. The average molecular weight is 256 g/mol. The second-order valence-corrected chi connectivity index (χ2v) is 6.94. The van der Waals surface area contributed by atoms with E-state index >= 15 is 0 Å². The Morgan fingerprint density at radius 1 is 1.06 bits per heavy atom. The summed E-state index contributed by atoms with van der Waals surface area (Å²) in [6.07, 6.45) is 0.462. The van der Waals surface area contributed by atoms with E-state index in [1.807, 2.05) is 48.5 Å². The van der Waals surface area contributed by atoms with E-state index in [1.54, 1.807) is 4.90 Å². The highest BCUT2D eigenvalue weighted by atomic mass is 16.2. The van der Waals surface area contributed by atoms with Crippen LogP contribution in [0.2, 0.25) is 0 Å². The van der Waals surface area contributed by atoms with E-state index in [9.17, 15) is 9.59 Å². The van der Waals surface area contributed by atoms with E-state index in [-0.39, 0.29) is 29.3 Å². The van der Waals surface area contributed by atoms with Gasteiger partial charge in [0.05, 0.1) is 6.54 Å². The molecule has 0 aliphatic heterocycles. The fourth-order valence-corrected chi connectivity index (χ4v) is 1.57. The molecular weight excluding hydrogens is 228 g/mol. The van der Waals surface area contributed by atoms with Gasteiger partial charge >= 0.3 is 0 Å². The fourth-order valence-electron chi connectivity index (χ4n) is 1.57. The van der Waals surface area contributed by atoms with Gasteiger partial charge in [0.1, 0.15) is 0 Å². The van der Waals surface area contributed by atoms with Crippen molar-refractivity contribution in [3.8, 4) is 0 Å². The molecule has 4 nitrogen and oxygen atoms in total. The summed E-state index contributed by atoms with van der Waals surface area (Å²) < 4.78 is 0. The van der Waals surface area contributed by atoms with Crippen molar-refractivity contribution >= 4 is 11.8 Å². The second kappa shape index (κ2) is 6.21. The molecule has 18 heavy (non-hydrogen) atoms. The molecule has 0 aromatic heterocycles. The largest absolute Gasteiger partial charge is 0.350 e. The molecule has 0 heterocycles. The third kappa shape index (κ3) is 8.09. The van der Waals surface area contributed by atoms with Gasteiger partial charge in [0.2, 0.25) is 11.8 Å². The van der Waals surface area contributed by atoms with Gasteiger partial charge in [-0.25, -0.2) is 0 Å². The molecule has 0 aliphatic rings. The molecule has 0 aromatic rings. The molecule has 0 unspecified atom stereocenters. The molecule has 106 valence electrons. The number of carbonyl (C=O) groups is 2. The van der Waals surface area contributed by atoms with Crippen molar-refractivity contribution < 1.29 is 9.59 Å². The Morgan fingerprint density at radius 3 is 1.89 bits per heavy atom. The summed E-state index contributed by atoms with van der Waals surface area (Å²) in [5.41, 5.74) is -0.311. The maximum absolute atomic E-state index is 12.0. The molecule has 0 fully saturated rings. The Balaban J connectivity index is 4.44. The number of likely N-dealkylation sites (N-methyl/N-ethyl adjacent to an activating group) is 1. The van der Waals surface area contributed by atoms with Crippen LogP contribution in [0.15, 0.2) is 0 Å². The van der Waals surface area contributed by atoms with Crippen molar-refractivity contribution in [3.63, 3.8) is 0 Å². The van der Waals surface area contributed by atoms with E-state index in [4.69, 9.17) is 0 Å². The molecule has 0 aliphatic carbocycles. The molecular formula is C14H28N2O2. The van der Waals surface area contributed by atoms with Crippen LogP contribution in [-0.2, 0) is 9.59 Å². The van der Waals surface area contributed by atoms with Gasteiger partial charge in [-0.3, -0.25) is 9.59 Å². The van der Waals surface area contributed by atoms with Crippen molar-refractivity contribution in [1.82, 2.24) is 10.2 Å². The van der Waals surface area contributed by atoms with Gasteiger partial charge in [-0.2, -0.15) is 0 Å². The molecule has 2 amide bonds. The Labute approximate surface area is 111 Å². The molecule has 0 aromatic carbocycles. The highest BCUT2D eigenvalue weighted by molar-refractivity contribution is 5.85. The topological polar surface area (TPSA) is 49.4 Å². The Kier molecular flexibility index (Phi) is 5.84. The van der Waals surface area contributed by atoms with E-state index in [0.717, 1.165) is 0 Å². The minimum Gasteiger partial charge on any atom is -0.350 e. The average Bonchev–Trinajstić information content (AvgIpc) is 2.07. The van der Waals surface area contributed by atoms with Crippen molar-refractivity contribution in [1.29, 1.82) is 0 Å². The smallest absolute Gasteiger partial charge is 0.240 e. The van der Waals surface area contributed by atoms with Gasteiger partial charge in [-0.15, -0.1) is 0 Å². The zero-order valence-electron chi connectivity index (χ0n) is 12.9. The lowest BCUT2D eigenvalue weighted by atomic mass is 9.91. The number of hydrogen-bond donors (Lipinski definition) is 1. The number of carbonyl (C=O) groups excluding carboxylic acids is 2. The molecule has 0 bridgehead atoms. The highest BCUT2D eigenvalue weighted by Gasteiger charge is 2.23. The Hall–Kier alpha value is -1.06. The van der Waals surface area contributed by atoms with Crippen LogP contribution < -0.4 is 5.32 Å². The monoisotopic (exact) mass is 256 g/mol. The third-order valence-corrected chi connectivity index (χ3v) is 2.26. The lowest BCUT2D eigenvalue weighted by Gasteiger charge is -2.27. The lowest BCUT2D eigenvalue weighted by molar-refractivity contribution is -0.137. The van der Waals surface area contributed by atoms with Crippen LogP contribution in [0.25, 0.3) is 0 Å². The summed E-state index contributed by atoms with van der Waals surface area (Å²) in [6, 6.07) is 0. The van der Waals surface area contributed by atoms with E-state index in [0.29, 0.717) is 13.0 Å². The molecule has 0 saturated heterocycles. The van der Waals surface area contributed by atoms with Crippen molar-refractivity contribution in [2.24, 2.45) is 5.41 Å². The molecule has 1 N–H and O–H groups in total. The van der Waals surface area contributed by atoms with Gasteiger partial charge < -0.3 is 10.2 Å². The maximum atomic E-state index is 12.0. The summed E-state index contributed by atoms with van der Waals surface area (Å²) in [7, 11) is 0. The van der Waals surface area contributed by atoms with Crippen LogP contribution >= 0.6 is 0 Å². The predicted octanol–water partition coefficient (Wildman–Crippen LogP) is 2.19. The van der Waals surface area contributed by atoms with Gasteiger partial charge in [-0.1, -0.05) is 20.8 Å². The fraction of sp³-hybridized carbons (Fsp3) is 0.857. The first-order valence-corrected chi connectivity index (χ1v) is 6.53. The number of amides is 2. The van der Waals surface area contributed by atoms with Gasteiger partial charge in [0.25, 0.3) is 0 Å². The summed E-state index contributed by atoms with van der Waals surface area (Å²) in [4.78, 5) is 25.4.